The van der Waals surface area contributed by atoms with E-state index in [1.807, 2.05) is 6.07 Å². The first-order valence-corrected chi connectivity index (χ1v) is 6.83. The minimum atomic E-state index is -4.44. The zero-order chi connectivity index (χ0) is 16.4. The van der Waals surface area contributed by atoms with Gasteiger partial charge in [-0.25, -0.2) is 0 Å². The van der Waals surface area contributed by atoms with E-state index < -0.39 is 24.7 Å². The number of rotatable bonds is 4. The zero-order valence-electron chi connectivity index (χ0n) is 11.8. The largest absolute Gasteiger partial charge is 0.436 e. The quantitative estimate of drug-likeness (QED) is 0.862. The summed E-state index contributed by atoms with van der Waals surface area (Å²) in [7, 11) is 0. The maximum absolute atomic E-state index is 12.4. The van der Waals surface area contributed by atoms with Crippen LogP contribution in [0.1, 0.15) is 6.42 Å². The molecule has 1 atom stereocenters. The molecule has 1 aromatic heterocycles. The highest BCUT2D eigenvalue weighted by Crippen LogP contribution is 2.25. The molecule has 0 unspecified atom stereocenters. The van der Waals surface area contributed by atoms with E-state index in [-0.39, 0.29) is 24.9 Å². The average molecular weight is 327 g/mol. The maximum atomic E-state index is 12.4. The Morgan fingerprint density at radius 3 is 2.70 bits per heavy atom. The van der Waals surface area contributed by atoms with Crippen molar-refractivity contribution >= 4 is 5.91 Å². The standard InChI is InChI=1S/C14H12F3N3O3/c15-14(16,17)8-20-7-6-10(12(20)21)22-13-19-18-11(23-13)9-4-2-1-3-5-9/h1-5,10H,6-8H2/t10-/m1/s1. The van der Waals surface area contributed by atoms with E-state index in [4.69, 9.17) is 9.15 Å². The number of alkyl halides is 3. The average Bonchev–Trinajstić information content (AvgIpc) is 3.09. The maximum Gasteiger partial charge on any atom is 0.415 e. The lowest BCUT2D eigenvalue weighted by molar-refractivity contribution is -0.159. The van der Waals surface area contributed by atoms with Gasteiger partial charge in [0, 0.05) is 18.5 Å². The molecule has 9 heteroatoms. The monoisotopic (exact) mass is 327 g/mol. The first kappa shape index (κ1) is 15.3. The minimum Gasteiger partial charge on any atom is -0.436 e. The molecule has 1 aromatic carbocycles. The van der Waals surface area contributed by atoms with Crippen LogP contribution in [0, 0.1) is 0 Å². The number of halogens is 3. The van der Waals surface area contributed by atoms with Crippen molar-refractivity contribution in [2.45, 2.75) is 18.7 Å². The summed E-state index contributed by atoms with van der Waals surface area (Å²) in [6.45, 7) is -1.31. The van der Waals surface area contributed by atoms with Gasteiger partial charge in [-0.15, -0.1) is 5.10 Å². The predicted molar refractivity (Wildman–Crippen MR) is 71.4 cm³/mol. The number of benzene rings is 1. The first-order chi connectivity index (χ1) is 10.9. The second-order valence-corrected chi connectivity index (χ2v) is 5.01. The lowest BCUT2D eigenvalue weighted by Gasteiger charge is -2.17. The van der Waals surface area contributed by atoms with Gasteiger partial charge >= 0.3 is 12.3 Å². The lowest BCUT2D eigenvalue weighted by atomic mass is 10.2. The highest BCUT2D eigenvalue weighted by Gasteiger charge is 2.40. The van der Waals surface area contributed by atoms with E-state index in [9.17, 15) is 18.0 Å². The second-order valence-electron chi connectivity index (χ2n) is 5.01. The van der Waals surface area contributed by atoms with Gasteiger partial charge in [-0.2, -0.15) is 13.2 Å². The van der Waals surface area contributed by atoms with Gasteiger partial charge in [0.15, 0.2) is 6.10 Å². The molecule has 0 radical (unpaired) electrons. The molecule has 122 valence electrons. The fourth-order valence-corrected chi connectivity index (χ4v) is 2.27. The Bertz CT molecular complexity index is 687. The summed E-state index contributed by atoms with van der Waals surface area (Å²) in [5, 5.41) is 7.44. The molecule has 1 aliphatic heterocycles. The van der Waals surface area contributed by atoms with E-state index in [0.29, 0.717) is 10.5 Å². The summed E-state index contributed by atoms with van der Waals surface area (Å²) in [6.07, 6.45) is -5.58. The van der Waals surface area contributed by atoms with Gasteiger partial charge in [-0.3, -0.25) is 4.79 Å². The first-order valence-electron chi connectivity index (χ1n) is 6.83. The molecule has 0 aliphatic carbocycles. The molecule has 1 saturated heterocycles. The number of likely N-dealkylation sites (tertiary alicyclic amines) is 1. The Morgan fingerprint density at radius 2 is 2.00 bits per heavy atom. The third kappa shape index (κ3) is 3.61. The van der Waals surface area contributed by atoms with Crippen LogP contribution in [-0.4, -0.2) is 46.4 Å². The third-order valence-electron chi connectivity index (χ3n) is 3.29. The molecule has 0 N–H and O–H groups in total. The van der Waals surface area contributed by atoms with Crippen molar-refractivity contribution < 1.29 is 27.1 Å². The van der Waals surface area contributed by atoms with Crippen molar-refractivity contribution in [1.29, 1.82) is 0 Å². The Balaban J connectivity index is 1.65. The molecule has 2 aromatic rings. The highest BCUT2D eigenvalue weighted by atomic mass is 19.4. The minimum absolute atomic E-state index is 0.0251. The van der Waals surface area contributed by atoms with E-state index in [0.717, 1.165) is 0 Å². The Kier molecular flexibility index (Phi) is 3.93. The number of hydrogen-bond donors (Lipinski definition) is 0. The Labute approximate surface area is 128 Å². The molecule has 1 fully saturated rings. The molecular weight excluding hydrogens is 315 g/mol. The van der Waals surface area contributed by atoms with Crippen molar-refractivity contribution in [2.24, 2.45) is 0 Å². The van der Waals surface area contributed by atoms with Gasteiger partial charge in [0.1, 0.15) is 6.54 Å². The third-order valence-corrected chi connectivity index (χ3v) is 3.29. The van der Waals surface area contributed by atoms with E-state index >= 15 is 0 Å². The van der Waals surface area contributed by atoms with E-state index in [1.54, 1.807) is 24.3 Å². The Hall–Kier alpha value is -2.58. The number of amides is 1. The van der Waals surface area contributed by atoms with Gasteiger partial charge in [-0.1, -0.05) is 23.3 Å². The van der Waals surface area contributed by atoms with Crippen molar-refractivity contribution in [3.63, 3.8) is 0 Å². The van der Waals surface area contributed by atoms with Crippen molar-refractivity contribution in [3.8, 4) is 17.5 Å². The molecule has 1 amide bonds. The Morgan fingerprint density at radius 1 is 1.26 bits per heavy atom. The zero-order valence-corrected chi connectivity index (χ0v) is 11.8. The molecular formula is C14H12F3N3O3. The van der Waals surface area contributed by atoms with Crippen molar-refractivity contribution in [2.75, 3.05) is 13.1 Å². The normalized spacial score (nSPS) is 18.5. The summed E-state index contributed by atoms with van der Waals surface area (Å²) >= 11 is 0. The molecule has 1 aliphatic rings. The SMILES string of the molecule is O=C1[C@H](Oc2nnc(-c3ccccc3)o2)CCN1CC(F)(F)F. The molecule has 6 nitrogen and oxygen atoms in total. The number of carbonyl (C=O) groups is 1. The van der Waals surface area contributed by atoms with Crippen LogP contribution in [0.3, 0.4) is 0 Å². The number of carbonyl (C=O) groups excluding carboxylic acids is 1. The van der Waals surface area contributed by atoms with Crippen molar-refractivity contribution in [3.05, 3.63) is 30.3 Å². The number of hydrogen-bond acceptors (Lipinski definition) is 5. The molecule has 23 heavy (non-hydrogen) atoms. The fourth-order valence-electron chi connectivity index (χ4n) is 2.27. The van der Waals surface area contributed by atoms with Gasteiger partial charge < -0.3 is 14.1 Å². The lowest BCUT2D eigenvalue weighted by Crippen LogP contribution is -2.38. The summed E-state index contributed by atoms with van der Waals surface area (Å²) in [6, 6.07) is 8.90. The fraction of sp³-hybridized carbons (Fsp3) is 0.357. The highest BCUT2D eigenvalue weighted by molar-refractivity contribution is 5.83. The van der Waals surface area contributed by atoms with E-state index in [1.165, 1.54) is 0 Å². The van der Waals surface area contributed by atoms with Crippen LogP contribution in [0.25, 0.3) is 11.5 Å². The van der Waals surface area contributed by atoms with Gasteiger partial charge in [0.25, 0.3) is 11.8 Å². The van der Waals surface area contributed by atoms with Gasteiger partial charge in [-0.05, 0) is 12.1 Å². The topological polar surface area (TPSA) is 68.5 Å². The van der Waals surface area contributed by atoms with Crippen LogP contribution in [-0.2, 0) is 4.79 Å². The molecule has 3 rings (SSSR count). The molecule has 2 heterocycles. The molecule has 0 bridgehead atoms. The summed E-state index contributed by atoms with van der Waals surface area (Å²) in [4.78, 5) is 12.6. The van der Waals surface area contributed by atoms with Crippen LogP contribution < -0.4 is 4.74 Å². The van der Waals surface area contributed by atoms with Crippen molar-refractivity contribution in [1.82, 2.24) is 15.1 Å². The van der Waals surface area contributed by atoms with Crippen LogP contribution >= 0.6 is 0 Å². The number of aromatic nitrogens is 2. The van der Waals surface area contributed by atoms with Crippen LogP contribution in [0.2, 0.25) is 0 Å². The molecule has 0 spiro atoms. The molecule has 0 saturated carbocycles. The predicted octanol–water partition coefficient (Wildman–Crippen LogP) is 2.28. The summed E-state index contributed by atoms with van der Waals surface area (Å²) < 4.78 is 47.6. The van der Waals surface area contributed by atoms with E-state index in [2.05, 4.69) is 10.2 Å². The smallest absolute Gasteiger partial charge is 0.415 e. The van der Waals surface area contributed by atoms with Gasteiger partial charge in [0.2, 0.25) is 0 Å². The summed E-state index contributed by atoms with van der Waals surface area (Å²) in [5.41, 5.74) is 0.672. The van der Waals surface area contributed by atoms with Gasteiger partial charge in [0.05, 0.1) is 0 Å². The van der Waals surface area contributed by atoms with Crippen LogP contribution in [0.5, 0.6) is 6.08 Å². The summed E-state index contributed by atoms with van der Waals surface area (Å²) in [5.74, 6) is -0.528. The number of nitrogens with zero attached hydrogens (tertiary/aromatic N) is 3. The second kappa shape index (κ2) is 5.90. The van der Waals surface area contributed by atoms with Crippen LogP contribution in [0.15, 0.2) is 34.7 Å². The number of ether oxygens (including phenoxy) is 1. The van der Waals surface area contributed by atoms with Crippen LogP contribution in [0.4, 0.5) is 13.2 Å².